The standard InChI is InChI=1S/C29H38N4O4/c1-37-24-9-10-27-26(19-24)25(13-16-30-27)28(34)11-7-21-14-18-33(20-22(21)8-12-29(35)36)17-3-2-5-23-6-4-15-31-32-23/h4,6,9-10,13,15-16,19,21-22,28,34H,2-3,5,7-8,11-12,14,17-18,20H2,1H3,(H,35,36)/t21-,22+,28?/m1/s1. The highest BCUT2D eigenvalue weighted by Crippen LogP contribution is 2.35. The summed E-state index contributed by atoms with van der Waals surface area (Å²) >= 11 is 0. The number of likely N-dealkylation sites (tertiary alicyclic amines) is 1. The summed E-state index contributed by atoms with van der Waals surface area (Å²) in [6, 6.07) is 11.5. The first-order chi connectivity index (χ1) is 18.0. The Morgan fingerprint density at radius 2 is 2.05 bits per heavy atom. The van der Waals surface area contributed by atoms with Gasteiger partial charge in [-0.2, -0.15) is 10.2 Å². The van der Waals surface area contributed by atoms with Crippen LogP contribution in [0, 0.1) is 11.8 Å². The molecule has 0 radical (unpaired) electrons. The first kappa shape index (κ1) is 26.9. The Morgan fingerprint density at radius 1 is 1.16 bits per heavy atom. The molecule has 1 aliphatic heterocycles. The number of pyridine rings is 1. The minimum absolute atomic E-state index is 0.193. The van der Waals surface area contributed by atoms with Gasteiger partial charge in [-0.1, -0.05) is 0 Å². The van der Waals surface area contributed by atoms with E-state index in [1.807, 2.05) is 36.4 Å². The highest BCUT2D eigenvalue weighted by molar-refractivity contribution is 5.83. The lowest BCUT2D eigenvalue weighted by Gasteiger charge is -2.39. The zero-order valence-electron chi connectivity index (χ0n) is 21.6. The largest absolute Gasteiger partial charge is 0.497 e. The fourth-order valence-corrected chi connectivity index (χ4v) is 5.57. The number of rotatable bonds is 13. The number of nitrogens with zero attached hydrogens (tertiary/aromatic N) is 4. The minimum Gasteiger partial charge on any atom is -0.497 e. The Balaban J connectivity index is 1.32. The van der Waals surface area contributed by atoms with Crippen LogP contribution in [0.2, 0.25) is 0 Å². The van der Waals surface area contributed by atoms with Gasteiger partial charge in [0.15, 0.2) is 0 Å². The van der Waals surface area contributed by atoms with Crippen LogP contribution in [0.25, 0.3) is 10.9 Å². The summed E-state index contributed by atoms with van der Waals surface area (Å²) in [5.74, 6) is 0.739. The normalized spacial score (nSPS) is 19.1. The highest BCUT2D eigenvalue weighted by Gasteiger charge is 2.30. The molecule has 198 valence electrons. The van der Waals surface area contributed by atoms with Crippen LogP contribution >= 0.6 is 0 Å². The monoisotopic (exact) mass is 506 g/mol. The Bertz CT molecular complexity index is 1140. The molecule has 1 saturated heterocycles. The number of carboxylic acids is 1. The molecule has 37 heavy (non-hydrogen) atoms. The number of aliphatic carboxylic acids is 1. The number of aliphatic hydroxyl groups is 1. The topological polar surface area (TPSA) is 109 Å². The van der Waals surface area contributed by atoms with Crippen molar-refractivity contribution < 1.29 is 19.7 Å². The van der Waals surface area contributed by atoms with Crippen molar-refractivity contribution in [2.24, 2.45) is 11.8 Å². The molecule has 0 aliphatic carbocycles. The SMILES string of the molecule is COc1ccc2nccc(C(O)CC[C@@H]3CCN(CCCCc4cccnn4)C[C@@H]3CCC(=O)O)c2c1. The molecule has 3 aromatic rings. The van der Waals surface area contributed by atoms with Gasteiger partial charge >= 0.3 is 5.97 Å². The molecule has 3 atom stereocenters. The van der Waals surface area contributed by atoms with Gasteiger partial charge in [-0.05, 0) is 112 Å². The number of aliphatic hydroxyl groups excluding tert-OH is 1. The molecule has 4 rings (SSSR count). The number of hydrogen-bond donors (Lipinski definition) is 2. The zero-order valence-corrected chi connectivity index (χ0v) is 21.6. The zero-order chi connectivity index (χ0) is 26.0. The lowest BCUT2D eigenvalue weighted by atomic mass is 9.79. The maximum atomic E-state index is 11.3. The lowest BCUT2D eigenvalue weighted by molar-refractivity contribution is -0.137. The van der Waals surface area contributed by atoms with Gasteiger partial charge in [-0.25, -0.2) is 0 Å². The third kappa shape index (κ3) is 7.69. The number of hydrogen-bond acceptors (Lipinski definition) is 7. The lowest BCUT2D eigenvalue weighted by Crippen LogP contribution is -2.41. The third-order valence-electron chi connectivity index (χ3n) is 7.64. The molecule has 0 spiro atoms. The number of piperidine rings is 1. The van der Waals surface area contributed by atoms with E-state index in [2.05, 4.69) is 20.1 Å². The van der Waals surface area contributed by atoms with E-state index in [1.54, 1.807) is 19.5 Å². The van der Waals surface area contributed by atoms with Crippen LogP contribution < -0.4 is 4.74 Å². The molecule has 0 bridgehead atoms. The Hall–Kier alpha value is -3.10. The van der Waals surface area contributed by atoms with E-state index in [-0.39, 0.29) is 6.42 Å². The number of aromatic nitrogens is 3. The number of carbonyl (C=O) groups is 1. The predicted molar refractivity (Wildman–Crippen MR) is 142 cm³/mol. The molecule has 1 aromatic carbocycles. The molecule has 2 aromatic heterocycles. The van der Waals surface area contributed by atoms with E-state index in [1.165, 1.54) is 0 Å². The van der Waals surface area contributed by atoms with Crippen molar-refractivity contribution in [2.75, 3.05) is 26.7 Å². The maximum absolute atomic E-state index is 11.3. The number of aryl methyl sites for hydroxylation is 1. The van der Waals surface area contributed by atoms with Crippen molar-refractivity contribution >= 4 is 16.9 Å². The summed E-state index contributed by atoms with van der Waals surface area (Å²) in [4.78, 5) is 18.2. The van der Waals surface area contributed by atoms with Gasteiger partial charge in [0.1, 0.15) is 5.75 Å². The second-order valence-corrected chi connectivity index (χ2v) is 10.1. The van der Waals surface area contributed by atoms with Crippen molar-refractivity contribution in [3.63, 3.8) is 0 Å². The molecule has 1 fully saturated rings. The van der Waals surface area contributed by atoms with Gasteiger partial charge in [0.25, 0.3) is 0 Å². The fraction of sp³-hybridized carbons (Fsp3) is 0.517. The van der Waals surface area contributed by atoms with Crippen LogP contribution in [0.15, 0.2) is 48.8 Å². The quantitative estimate of drug-likeness (QED) is 0.322. The Morgan fingerprint density at radius 3 is 2.84 bits per heavy atom. The molecule has 1 unspecified atom stereocenters. The Kier molecular flexibility index (Phi) is 9.79. The van der Waals surface area contributed by atoms with Crippen molar-refractivity contribution in [3.8, 4) is 5.75 Å². The van der Waals surface area contributed by atoms with E-state index in [9.17, 15) is 15.0 Å². The smallest absolute Gasteiger partial charge is 0.303 e. The van der Waals surface area contributed by atoms with Gasteiger partial charge in [0.05, 0.1) is 24.4 Å². The number of carboxylic acid groups (broad SMARTS) is 1. The van der Waals surface area contributed by atoms with Gasteiger partial charge in [-0.15, -0.1) is 0 Å². The number of methoxy groups -OCH3 is 1. The summed E-state index contributed by atoms with van der Waals surface area (Å²) in [5, 5.41) is 29.4. The second-order valence-electron chi connectivity index (χ2n) is 10.1. The molecule has 0 amide bonds. The fourth-order valence-electron chi connectivity index (χ4n) is 5.57. The average molecular weight is 507 g/mol. The highest BCUT2D eigenvalue weighted by atomic mass is 16.5. The summed E-state index contributed by atoms with van der Waals surface area (Å²) in [7, 11) is 1.63. The van der Waals surface area contributed by atoms with Crippen LogP contribution in [0.4, 0.5) is 0 Å². The molecular formula is C29H38N4O4. The van der Waals surface area contributed by atoms with Crippen LogP contribution in [-0.4, -0.2) is 63.0 Å². The van der Waals surface area contributed by atoms with E-state index in [0.717, 1.165) is 79.6 Å². The first-order valence-corrected chi connectivity index (χ1v) is 13.3. The van der Waals surface area contributed by atoms with Crippen LogP contribution in [0.3, 0.4) is 0 Å². The maximum Gasteiger partial charge on any atom is 0.303 e. The van der Waals surface area contributed by atoms with Gasteiger partial charge in [0.2, 0.25) is 0 Å². The van der Waals surface area contributed by atoms with E-state index in [4.69, 9.17) is 4.74 Å². The van der Waals surface area contributed by atoms with Gasteiger partial charge < -0.3 is 19.8 Å². The summed E-state index contributed by atoms with van der Waals surface area (Å²) in [5.41, 5.74) is 2.73. The average Bonchev–Trinajstić information content (AvgIpc) is 2.93. The number of benzene rings is 1. The molecule has 8 heteroatoms. The summed E-state index contributed by atoms with van der Waals surface area (Å²) in [6.07, 6.45) is 9.35. The first-order valence-electron chi connectivity index (χ1n) is 13.3. The summed E-state index contributed by atoms with van der Waals surface area (Å²) in [6.45, 7) is 2.96. The van der Waals surface area contributed by atoms with Crippen molar-refractivity contribution in [1.82, 2.24) is 20.1 Å². The minimum atomic E-state index is -0.739. The molecule has 3 heterocycles. The van der Waals surface area contributed by atoms with Crippen molar-refractivity contribution in [1.29, 1.82) is 0 Å². The molecule has 8 nitrogen and oxygen atoms in total. The number of fused-ring (bicyclic) bond motifs is 1. The van der Waals surface area contributed by atoms with Crippen molar-refractivity contribution in [2.45, 2.75) is 57.5 Å². The van der Waals surface area contributed by atoms with Gasteiger partial charge in [0, 0.05) is 30.7 Å². The molecule has 0 saturated carbocycles. The number of ether oxygens (including phenoxy) is 1. The third-order valence-corrected chi connectivity index (χ3v) is 7.64. The molecule has 2 N–H and O–H groups in total. The molecular weight excluding hydrogens is 468 g/mol. The van der Waals surface area contributed by atoms with E-state index < -0.39 is 12.1 Å². The number of unbranched alkanes of at least 4 members (excludes halogenated alkanes) is 1. The Labute approximate surface area is 218 Å². The van der Waals surface area contributed by atoms with E-state index >= 15 is 0 Å². The van der Waals surface area contributed by atoms with Crippen LogP contribution in [0.1, 0.15) is 62.3 Å². The van der Waals surface area contributed by atoms with Crippen LogP contribution in [-0.2, 0) is 11.2 Å². The second kappa shape index (κ2) is 13.4. The van der Waals surface area contributed by atoms with E-state index in [0.29, 0.717) is 24.7 Å². The summed E-state index contributed by atoms with van der Waals surface area (Å²) < 4.78 is 5.37. The van der Waals surface area contributed by atoms with Crippen molar-refractivity contribution in [3.05, 3.63) is 60.0 Å². The molecule has 1 aliphatic rings. The predicted octanol–water partition coefficient (Wildman–Crippen LogP) is 4.67. The van der Waals surface area contributed by atoms with Crippen LogP contribution in [0.5, 0.6) is 5.75 Å². The van der Waals surface area contributed by atoms with Gasteiger partial charge in [-0.3, -0.25) is 9.78 Å².